The Morgan fingerprint density at radius 2 is 2.00 bits per heavy atom. The van der Waals surface area contributed by atoms with Gasteiger partial charge in [0.2, 0.25) is 5.91 Å². The summed E-state index contributed by atoms with van der Waals surface area (Å²) >= 11 is 0. The molecule has 2 fully saturated rings. The molecule has 0 bridgehead atoms. The van der Waals surface area contributed by atoms with E-state index in [-0.39, 0.29) is 11.8 Å². The molecule has 3 aliphatic rings. The van der Waals surface area contributed by atoms with Crippen LogP contribution in [0, 0.1) is 5.92 Å². The van der Waals surface area contributed by atoms with Crippen molar-refractivity contribution in [2.24, 2.45) is 5.92 Å². The number of fused-ring (bicyclic) bond motifs is 1. The average Bonchev–Trinajstić information content (AvgIpc) is 3.15. The molecule has 2 amide bonds. The topological polar surface area (TPSA) is 61.9 Å². The van der Waals surface area contributed by atoms with Crippen LogP contribution in [0.1, 0.15) is 65.9 Å². The van der Waals surface area contributed by atoms with Gasteiger partial charge < -0.3 is 19.9 Å². The van der Waals surface area contributed by atoms with E-state index in [9.17, 15) is 9.59 Å². The van der Waals surface area contributed by atoms with E-state index in [1.807, 2.05) is 6.07 Å². The second-order valence-corrected chi connectivity index (χ2v) is 9.48. The number of rotatable bonds is 8. The zero-order valence-corrected chi connectivity index (χ0v) is 19.4. The number of benzene rings is 1. The fourth-order valence-corrected chi connectivity index (χ4v) is 5.48. The summed E-state index contributed by atoms with van der Waals surface area (Å²) in [6.07, 6.45) is 7.82. The molecule has 1 aromatic rings. The lowest BCUT2D eigenvalue weighted by molar-refractivity contribution is -0.125. The minimum atomic E-state index is -0.449. The Hall–Kier alpha value is -2.18. The summed E-state index contributed by atoms with van der Waals surface area (Å²) in [6, 6.07) is 5.89. The van der Waals surface area contributed by atoms with E-state index in [1.165, 1.54) is 37.8 Å². The van der Waals surface area contributed by atoms with Crippen molar-refractivity contribution >= 4 is 11.8 Å². The number of ether oxygens (including phenoxy) is 1. The third-order valence-corrected chi connectivity index (χ3v) is 7.45. The molecule has 6 nitrogen and oxygen atoms in total. The predicted molar refractivity (Wildman–Crippen MR) is 126 cm³/mol. The summed E-state index contributed by atoms with van der Waals surface area (Å²) < 4.78 is 5.50. The SMILES string of the molecule is C=CCCC(C(=O)NC)N1Cc2cc(C3CCN(CC4CCOCC4)CC3)ccc2C1=O. The second kappa shape index (κ2) is 10.6. The van der Waals surface area contributed by atoms with E-state index >= 15 is 0 Å². The first-order chi connectivity index (χ1) is 15.6. The Morgan fingerprint density at radius 1 is 1.25 bits per heavy atom. The molecule has 0 aliphatic carbocycles. The van der Waals surface area contributed by atoms with Crippen LogP contribution in [0.5, 0.6) is 0 Å². The van der Waals surface area contributed by atoms with Crippen LogP contribution in [0.2, 0.25) is 0 Å². The number of carbonyl (C=O) groups is 2. The molecular formula is C26H37N3O3. The van der Waals surface area contributed by atoms with Gasteiger partial charge in [-0.15, -0.1) is 6.58 Å². The fourth-order valence-electron chi connectivity index (χ4n) is 5.48. The van der Waals surface area contributed by atoms with Crippen LogP contribution in [-0.2, 0) is 16.1 Å². The average molecular weight is 440 g/mol. The van der Waals surface area contributed by atoms with E-state index in [4.69, 9.17) is 4.74 Å². The summed E-state index contributed by atoms with van der Waals surface area (Å²) in [4.78, 5) is 29.8. The number of hydrogen-bond acceptors (Lipinski definition) is 4. The summed E-state index contributed by atoms with van der Waals surface area (Å²) in [5.74, 6) is 1.19. The summed E-state index contributed by atoms with van der Waals surface area (Å²) in [5, 5.41) is 2.72. The maximum Gasteiger partial charge on any atom is 0.255 e. The van der Waals surface area contributed by atoms with Gasteiger partial charge in [0.25, 0.3) is 5.91 Å². The van der Waals surface area contributed by atoms with Crippen LogP contribution < -0.4 is 5.32 Å². The molecule has 3 aliphatic heterocycles. The second-order valence-electron chi connectivity index (χ2n) is 9.48. The number of piperidine rings is 1. The minimum Gasteiger partial charge on any atom is -0.381 e. The van der Waals surface area contributed by atoms with E-state index in [2.05, 4.69) is 28.9 Å². The first-order valence-corrected chi connectivity index (χ1v) is 12.2. The number of hydrogen-bond donors (Lipinski definition) is 1. The van der Waals surface area contributed by atoms with Gasteiger partial charge >= 0.3 is 0 Å². The number of allylic oxidation sites excluding steroid dienone is 1. The molecule has 1 atom stereocenters. The van der Waals surface area contributed by atoms with Crippen molar-refractivity contribution in [1.82, 2.24) is 15.1 Å². The molecule has 0 radical (unpaired) electrons. The van der Waals surface area contributed by atoms with Crippen LogP contribution in [0.25, 0.3) is 0 Å². The molecule has 6 heteroatoms. The molecule has 174 valence electrons. The third-order valence-electron chi connectivity index (χ3n) is 7.45. The highest BCUT2D eigenvalue weighted by atomic mass is 16.5. The summed E-state index contributed by atoms with van der Waals surface area (Å²) in [5.41, 5.74) is 3.15. The molecular weight excluding hydrogens is 402 g/mol. The number of nitrogens with zero attached hydrogens (tertiary/aromatic N) is 2. The lowest BCUT2D eigenvalue weighted by Crippen LogP contribution is -2.46. The van der Waals surface area contributed by atoms with Gasteiger partial charge in [0, 0.05) is 38.9 Å². The van der Waals surface area contributed by atoms with E-state index in [1.54, 1.807) is 18.0 Å². The van der Waals surface area contributed by atoms with Crippen molar-refractivity contribution in [2.75, 3.05) is 39.9 Å². The van der Waals surface area contributed by atoms with Gasteiger partial charge in [-0.25, -0.2) is 0 Å². The Kier molecular flexibility index (Phi) is 7.63. The van der Waals surface area contributed by atoms with Gasteiger partial charge in [0.15, 0.2) is 0 Å². The van der Waals surface area contributed by atoms with Crippen molar-refractivity contribution in [3.8, 4) is 0 Å². The van der Waals surface area contributed by atoms with Crippen molar-refractivity contribution in [3.05, 3.63) is 47.5 Å². The van der Waals surface area contributed by atoms with Crippen molar-refractivity contribution < 1.29 is 14.3 Å². The highest BCUT2D eigenvalue weighted by Crippen LogP contribution is 2.33. The molecule has 2 saturated heterocycles. The molecule has 0 aromatic heterocycles. The Balaban J connectivity index is 1.38. The number of amides is 2. The van der Waals surface area contributed by atoms with Crippen LogP contribution >= 0.6 is 0 Å². The van der Waals surface area contributed by atoms with Gasteiger partial charge in [-0.3, -0.25) is 9.59 Å². The van der Waals surface area contributed by atoms with Crippen molar-refractivity contribution in [2.45, 2.75) is 57.0 Å². The predicted octanol–water partition coefficient (Wildman–Crippen LogP) is 3.33. The van der Waals surface area contributed by atoms with Gasteiger partial charge in [0.05, 0.1) is 0 Å². The number of likely N-dealkylation sites (tertiary alicyclic amines) is 1. The smallest absolute Gasteiger partial charge is 0.255 e. The highest BCUT2D eigenvalue weighted by Gasteiger charge is 2.36. The minimum absolute atomic E-state index is 0.0320. The number of carbonyl (C=O) groups excluding carboxylic acids is 2. The molecule has 1 N–H and O–H groups in total. The lowest BCUT2D eigenvalue weighted by Gasteiger charge is -2.35. The van der Waals surface area contributed by atoms with Crippen molar-refractivity contribution in [1.29, 1.82) is 0 Å². The first-order valence-electron chi connectivity index (χ1n) is 12.2. The monoisotopic (exact) mass is 439 g/mol. The van der Waals surface area contributed by atoms with E-state index < -0.39 is 6.04 Å². The normalized spacial score (nSPS) is 21.4. The van der Waals surface area contributed by atoms with Crippen LogP contribution in [0.4, 0.5) is 0 Å². The van der Waals surface area contributed by atoms with E-state index in [0.29, 0.717) is 25.3 Å². The van der Waals surface area contributed by atoms with Crippen molar-refractivity contribution in [3.63, 3.8) is 0 Å². The lowest BCUT2D eigenvalue weighted by atomic mass is 9.87. The van der Waals surface area contributed by atoms with Crippen LogP contribution in [0.15, 0.2) is 30.9 Å². The van der Waals surface area contributed by atoms with E-state index in [0.717, 1.165) is 43.3 Å². The van der Waals surface area contributed by atoms with Gasteiger partial charge in [-0.2, -0.15) is 0 Å². The van der Waals surface area contributed by atoms with Gasteiger partial charge in [-0.05, 0) is 80.6 Å². The number of nitrogens with one attached hydrogen (secondary N) is 1. The zero-order chi connectivity index (χ0) is 22.5. The Bertz CT molecular complexity index is 826. The van der Waals surface area contributed by atoms with Gasteiger partial charge in [0.1, 0.15) is 6.04 Å². The molecule has 4 rings (SSSR count). The molecule has 0 saturated carbocycles. The molecule has 1 aromatic carbocycles. The third kappa shape index (κ3) is 5.07. The highest BCUT2D eigenvalue weighted by molar-refractivity contribution is 6.01. The zero-order valence-electron chi connectivity index (χ0n) is 19.4. The largest absolute Gasteiger partial charge is 0.381 e. The first kappa shape index (κ1) is 23.0. The molecule has 0 spiro atoms. The molecule has 3 heterocycles. The maximum atomic E-state index is 13.0. The molecule has 1 unspecified atom stereocenters. The molecule has 32 heavy (non-hydrogen) atoms. The quantitative estimate of drug-likeness (QED) is 0.631. The summed E-state index contributed by atoms with van der Waals surface area (Å²) in [7, 11) is 1.63. The van der Waals surface area contributed by atoms with Crippen LogP contribution in [-0.4, -0.2) is 67.6 Å². The van der Waals surface area contributed by atoms with Gasteiger partial charge in [-0.1, -0.05) is 18.2 Å². The fraction of sp³-hybridized carbons (Fsp3) is 0.615. The Labute approximate surface area is 192 Å². The maximum absolute atomic E-state index is 13.0. The summed E-state index contributed by atoms with van der Waals surface area (Å²) in [6.45, 7) is 9.60. The standard InChI is InChI=1S/C26H37N3O3/c1-3-4-5-24(25(30)27-2)29-18-22-16-21(6-7-23(22)26(29)31)20-8-12-28(13-9-20)17-19-10-14-32-15-11-19/h3,6-7,16,19-20,24H,1,4-5,8-15,17-18H2,2H3,(H,27,30). The Morgan fingerprint density at radius 3 is 2.69 bits per heavy atom. The number of likely N-dealkylation sites (N-methyl/N-ethyl adjacent to an activating group) is 1. The van der Waals surface area contributed by atoms with Crippen LogP contribution in [0.3, 0.4) is 0 Å².